The highest BCUT2D eigenvalue weighted by Gasteiger charge is 2.31. The molecule has 0 aliphatic rings. The van der Waals surface area contributed by atoms with Crippen LogP contribution in [0, 0.1) is 11.8 Å². The molecule has 1 amide bonds. The van der Waals surface area contributed by atoms with E-state index in [2.05, 4.69) is 4.98 Å². The minimum Gasteiger partial charge on any atom is -0.445 e. The van der Waals surface area contributed by atoms with Gasteiger partial charge < -0.3 is 19.2 Å². The van der Waals surface area contributed by atoms with Crippen LogP contribution in [0.2, 0.25) is 0 Å². The van der Waals surface area contributed by atoms with E-state index in [-0.39, 0.29) is 11.3 Å². The molecule has 0 radical (unpaired) electrons. The number of aliphatic hydroxyl groups is 1. The van der Waals surface area contributed by atoms with Crippen molar-refractivity contribution in [2.24, 2.45) is 0 Å². The number of amides is 1. The first kappa shape index (κ1) is 24.4. The van der Waals surface area contributed by atoms with Crippen LogP contribution in [0.4, 0.5) is 13.6 Å². The van der Waals surface area contributed by atoms with E-state index in [1.807, 2.05) is 0 Å². The second-order valence-corrected chi connectivity index (χ2v) is 9.87. The maximum Gasteiger partial charge on any atom is 0.410 e. The molecule has 9 nitrogen and oxygen atoms in total. The zero-order valence-electron chi connectivity index (χ0n) is 18.4. The van der Waals surface area contributed by atoms with Crippen LogP contribution in [-0.2, 0) is 28.0 Å². The maximum absolute atomic E-state index is 15.4. The first-order valence-corrected chi connectivity index (χ1v) is 11.2. The zero-order chi connectivity index (χ0) is 24.6. The van der Waals surface area contributed by atoms with Gasteiger partial charge in [-0.05, 0) is 45.0 Å². The number of ether oxygens (including phenoxy) is 1. The molecule has 0 saturated heterocycles. The predicted octanol–water partition coefficient (Wildman–Crippen LogP) is 3.52. The number of furan rings is 1. The quantitative estimate of drug-likeness (QED) is 0.534. The molecular weight excluding hydrogens is 460 g/mol. The van der Waals surface area contributed by atoms with Gasteiger partial charge in [-0.1, -0.05) is 0 Å². The van der Waals surface area contributed by atoms with Crippen LogP contribution < -0.4 is 0 Å². The normalized spacial score (nSPS) is 12.1. The molecule has 33 heavy (non-hydrogen) atoms. The maximum atomic E-state index is 15.4. The van der Waals surface area contributed by atoms with Crippen molar-refractivity contribution in [2.45, 2.75) is 44.6 Å². The van der Waals surface area contributed by atoms with Gasteiger partial charge in [0.1, 0.15) is 24.7 Å². The number of halogens is 2. The summed E-state index contributed by atoms with van der Waals surface area (Å²) in [4.78, 5) is 17.0. The van der Waals surface area contributed by atoms with E-state index in [4.69, 9.17) is 14.3 Å². The summed E-state index contributed by atoms with van der Waals surface area (Å²) in [6.45, 7) is 4.15. The van der Waals surface area contributed by atoms with Gasteiger partial charge in [-0.2, -0.15) is 12.8 Å². The number of carbonyl (C=O) groups is 1. The average Bonchev–Trinajstić information content (AvgIpc) is 3.37. The second-order valence-electron chi connectivity index (χ2n) is 8.12. The van der Waals surface area contributed by atoms with E-state index >= 15 is 4.39 Å². The molecule has 0 saturated carbocycles. The Hall–Kier alpha value is -3.25. The minimum atomic E-state index is -4.55. The number of aromatic nitrogens is 2. The highest BCUT2D eigenvalue weighted by Crippen LogP contribution is 2.32. The van der Waals surface area contributed by atoms with Crippen LogP contribution in [0.5, 0.6) is 0 Å². The Morgan fingerprint density at radius 2 is 1.97 bits per heavy atom. The zero-order valence-corrected chi connectivity index (χ0v) is 19.2. The molecule has 178 valence electrons. The van der Waals surface area contributed by atoms with E-state index in [0.29, 0.717) is 3.97 Å². The largest absolute Gasteiger partial charge is 0.445 e. The van der Waals surface area contributed by atoms with Gasteiger partial charge in [-0.25, -0.2) is 18.1 Å². The van der Waals surface area contributed by atoms with Gasteiger partial charge in [0.2, 0.25) is 11.0 Å². The summed E-state index contributed by atoms with van der Waals surface area (Å²) in [6, 6.07) is 4.80. The van der Waals surface area contributed by atoms with Crippen molar-refractivity contribution in [1.29, 1.82) is 0 Å². The summed E-state index contributed by atoms with van der Waals surface area (Å²) in [6.07, 6.45) is 1.26. The van der Waals surface area contributed by atoms with Gasteiger partial charge in [0.25, 0.3) is 0 Å². The Bertz CT molecular complexity index is 1280. The SMILES string of the molecule is CN(C(=O)OCc1cn(S(=O)(=O)c2ccc(CO)o2)c(-c2cccnc2F)c1F)C(C)(C)C. The number of nitrogens with zero attached hydrogens (tertiary/aromatic N) is 3. The van der Waals surface area contributed by atoms with Gasteiger partial charge in [0, 0.05) is 30.5 Å². The van der Waals surface area contributed by atoms with Gasteiger partial charge >= 0.3 is 16.1 Å². The molecule has 0 bridgehead atoms. The standard InChI is InChI=1S/C21H23F2N3O6S/c1-21(2,3)25(4)20(28)31-12-13-10-26(33(29,30)16-8-7-14(11-27)32-16)18(17(13)22)15-6-5-9-24-19(15)23/h5-10,27H,11-12H2,1-4H3. The molecule has 3 aromatic heterocycles. The Kier molecular flexibility index (Phi) is 6.61. The van der Waals surface area contributed by atoms with E-state index in [1.165, 1.54) is 24.1 Å². The van der Waals surface area contributed by atoms with Gasteiger partial charge in [0.15, 0.2) is 5.82 Å². The van der Waals surface area contributed by atoms with Gasteiger partial charge in [-0.15, -0.1) is 0 Å². The van der Waals surface area contributed by atoms with E-state index < -0.39 is 63.0 Å². The summed E-state index contributed by atoms with van der Waals surface area (Å²) in [5.41, 5.74) is -1.94. The third kappa shape index (κ3) is 4.76. The van der Waals surface area contributed by atoms with Crippen molar-refractivity contribution in [1.82, 2.24) is 13.9 Å². The number of rotatable bonds is 6. The van der Waals surface area contributed by atoms with Crippen molar-refractivity contribution in [2.75, 3.05) is 7.05 Å². The van der Waals surface area contributed by atoms with Crippen molar-refractivity contribution in [3.05, 3.63) is 59.7 Å². The Balaban J connectivity index is 2.09. The lowest BCUT2D eigenvalue weighted by atomic mass is 10.1. The van der Waals surface area contributed by atoms with Gasteiger partial charge in [0.05, 0.1) is 5.56 Å². The predicted molar refractivity (Wildman–Crippen MR) is 112 cm³/mol. The molecule has 0 aliphatic heterocycles. The summed E-state index contributed by atoms with van der Waals surface area (Å²) < 4.78 is 66.9. The van der Waals surface area contributed by atoms with Crippen LogP contribution in [0.1, 0.15) is 32.1 Å². The highest BCUT2D eigenvalue weighted by atomic mass is 32.2. The Labute approximate surface area is 189 Å². The molecule has 0 aliphatic carbocycles. The van der Waals surface area contributed by atoms with Crippen LogP contribution >= 0.6 is 0 Å². The summed E-state index contributed by atoms with van der Waals surface area (Å²) in [5, 5.41) is 8.57. The number of carbonyl (C=O) groups excluding carboxylic acids is 1. The molecule has 0 unspecified atom stereocenters. The fourth-order valence-electron chi connectivity index (χ4n) is 2.79. The Morgan fingerprint density at radius 3 is 2.55 bits per heavy atom. The third-order valence-electron chi connectivity index (χ3n) is 4.93. The number of hydrogen-bond donors (Lipinski definition) is 1. The van der Waals surface area contributed by atoms with Crippen molar-refractivity contribution >= 4 is 16.1 Å². The molecule has 3 heterocycles. The lowest BCUT2D eigenvalue weighted by molar-refractivity contribution is 0.0753. The number of pyridine rings is 1. The fraction of sp³-hybridized carbons (Fsp3) is 0.333. The van der Waals surface area contributed by atoms with Crippen molar-refractivity contribution in [3.8, 4) is 11.3 Å². The number of hydrogen-bond acceptors (Lipinski definition) is 7. The summed E-state index contributed by atoms with van der Waals surface area (Å²) in [5.74, 6) is -2.24. The number of aliphatic hydroxyl groups excluding tert-OH is 1. The molecule has 0 aromatic carbocycles. The van der Waals surface area contributed by atoms with Gasteiger partial charge in [-0.3, -0.25) is 0 Å². The fourth-order valence-corrected chi connectivity index (χ4v) is 4.12. The monoisotopic (exact) mass is 483 g/mol. The van der Waals surface area contributed by atoms with Crippen molar-refractivity contribution in [3.63, 3.8) is 0 Å². The van der Waals surface area contributed by atoms with Crippen LogP contribution in [0.15, 0.2) is 46.2 Å². The van der Waals surface area contributed by atoms with Crippen LogP contribution in [-0.4, -0.2) is 46.1 Å². The summed E-state index contributed by atoms with van der Waals surface area (Å²) in [7, 11) is -3.05. The van der Waals surface area contributed by atoms with E-state index in [9.17, 15) is 17.6 Å². The minimum absolute atomic E-state index is 0.0327. The van der Waals surface area contributed by atoms with Crippen LogP contribution in [0.3, 0.4) is 0 Å². The lowest BCUT2D eigenvalue weighted by Gasteiger charge is -2.30. The smallest absolute Gasteiger partial charge is 0.410 e. The lowest BCUT2D eigenvalue weighted by Crippen LogP contribution is -2.42. The summed E-state index contributed by atoms with van der Waals surface area (Å²) >= 11 is 0. The van der Waals surface area contributed by atoms with E-state index in [0.717, 1.165) is 24.5 Å². The molecule has 1 N–H and O–H groups in total. The second kappa shape index (κ2) is 8.94. The molecule has 12 heteroatoms. The molecule has 0 atom stereocenters. The third-order valence-corrected chi connectivity index (χ3v) is 6.47. The first-order chi connectivity index (χ1) is 15.4. The molecule has 0 spiro atoms. The average molecular weight is 483 g/mol. The Morgan fingerprint density at radius 1 is 1.27 bits per heavy atom. The molecule has 3 aromatic rings. The molecular formula is C21H23F2N3O6S. The first-order valence-electron chi connectivity index (χ1n) is 9.74. The van der Waals surface area contributed by atoms with E-state index in [1.54, 1.807) is 20.8 Å². The molecule has 3 rings (SSSR count). The topological polar surface area (TPSA) is 115 Å². The van der Waals surface area contributed by atoms with Crippen molar-refractivity contribution < 1.29 is 36.3 Å². The highest BCUT2D eigenvalue weighted by molar-refractivity contribution is 7.89. The van der Waals surface area contributed by atoms with Crippen LogP contribution in [0.25, 0.3) is 11.3 Å². The molecule has 0 fully saturated rings.